The van der Waals surface area contributed by atoms with Crippen molar-refractivity contribution in [1.82, 2.24) is 15.1 Å². The third-order valence-electron chi connectivity index (χ3n) is 4.60. The van der Waals surface area contributed by atoms with Crippen molar-refractivity contribution in [1.29, 1.82) is 0 Å². The van der Waals surface area contributed by atoms with Crippen molar-refractivity contribution in [3.05, 3.63) is 42.1 Å². The summed E-state index contributed by atoms with van der Waals surface area (Å²) in [5, 5.41) is 8.25. The normalized spacial score (nSPS) is 20.8. The number of likely N-dealkylation sites (tertiary alicyclic amines) is 1. The van der Waals surface area contributed by atoms with Crippen molar-refractivity contribution in [2.24, 2.45) is 5.92 Å². The van der Waals surface area contributed by atoms with Crippen molar-refractivity contribution in [2.75, 3.05) is 13.1 Å². The molecule has 2 heterocycles. The Bertz CT molecular complexity index is 697. The number of para-hydroxylation sites is 1. The van der Waals surface area contributed by atoms with E-state index in [2.05, 4.69) is 10.2 Å². The van der Waals surface area contributed by atoms with Crippen LogP contribution in [0.25, 0.3) is 0 Å². The van der Waals surface area contributed by atoms with Crippen LogP contribution in [0.15, 0.2) is 34.7 Å². The van der Waals surface area contributed by atoms with Gasteiger partial charge < -0.3 is 14.1 Å². The van der Waals surface area contributed by atoms with Crippen LogP contribution in [-0.4, -0.2) is 34.1 Å². The average Bonchev–Trinajstić information content (AvgIpc) is 3.38. The fraction of sp³-hybridized carbons (Fsp3) is 0.500. The molecule has 0 bridgehead atoms. The lowest BCUT2D eigenvalue weighted by Crippen LogP contribution is -2.40. The minimum Gasteiger partial charge on any atom is -0.484 e. The highest BCUT2D eigenvalue weighted by atomic mass is 16.5. The van der Waals surface area contributed by atoms with Gasteiger partial charge in [-0.3, -0.25) is 4.79 Å². The fourth-order valence-electron chi connectivity index (χ4n) is 3.12. The number of rotatable bonds is 5. The van der Waals surface area contributed by atoms with Gasteiger partial charge >= 0.3 is 0 Å². The molecule has 126 valence electrons. The first-order valence-corrected chi connectivity index (χ1v) is 8.58. The molecule has 1 aromatic heterocycles. The van der Waals surface area contributed by atoms with E-state index in [0.29, 0.717) is 24.2 Å². The molecule has 1 amide bonds. The third kappa shape index (κ3) is 3.42. The Morgan fingerprint density at radius 1 is 1.21 bits per heavy atom. The van der Waals surface area contributed by atoms with Crippen molar-refractivity contribution < 1.29 is 13.9 Å². The minimum atomic E-state index is 0.138. The highest BCUT2D eigenvalue weighted by Gasteiger charge is 2.36. The Kier molecular flexibility index (Phi) is 4.19. The molecule has 2 aliphatic rings. The Labute approximate surface area is 140 Å². The zero-order valence-electron chi connectivity index (χ0n) is 13.6. The lowest BCUT2D eigenvalue weighted by Gasteiger charge is -2.31. The molecule has 2 fully saturated rings. The van der Waals surface area contributed by atoms with Crippen molar-refractivity contribution >= 4 is 5.91 Å². The van der Waals surface area contributed by atoms with Gasteiger partial charge in [-0.05, 0) is 37.8 Å². The average molecular weight is 327 g/mol. The van der Waals surface area contributed by atoms with Crippen molar-refractivity contribution in [3.8, 4) is 5.75 Å². The number of carbonyl (C=O) groups is 1. The van der Waals surface area contributed by atoms with Crippen molar-refractivity contribution in [2.45, 2.75) is 38.2 Å². The third-order valence-corrected chi connectivity index (χ3v) is 4.60. The molecule has 1 saturated heterocycles. The zero-order chi connectivity index (χ0) is 16.4. The van der Waals surface area contributed by atoms with Gasteiger partial charge in [0.15, 0.2) is 6.61 Å². The van der Waals surface area contributed by atoms with Crippen LogP contribution >= 0.6 is 0 Å². The predicted molar refractivity (Wildman–Crippen MR) is 86.4 cm³/mol. The first-order valence-electron chi connectivity index (χ1n) is 8.58. The second kappa shape index (κ2) is 6.63. The highest BCUT2D eigenvalue weighted by molar-refractivity contribution is 5.81. The van der Waals surface area contributed by atoms with E-state index in [0.717, 1.165) is 38.0 Å². The molecule has 1 aliphatic heterocycles. The summed E-state index contributed by atoms with van der Waals surface area (Å²) in [6, 6.07) is 9.55. The van der Waals surface area contributed by atoms with Gasteiger partial charge in [-0.1, -0.05) is 18.2 Å². The van der Waals surface area contributed by atoms with Crippen LogP contribution < -0.4 is 4.74 Å². The van der Waals surface area contributed by atoms with Gasteiger partial charge in [-0.15, -0.1) is 10.2 Å². The number of piperidine rings is 1. The molecule has 4 rings (SSSR count). The molecular weight excluding hydrogens is 306 g/mol. The number of hydrogen-bond acceptors (Lipinski definition) is 5. The van der Waals surface area contributed by atoms with Crippen LogP contribution in [0, 0.1) is 5.92 Å². The topological polar surface area (TPSA) is 68.5 Å². The summed E-state index contributed by atoms with van der Waals surface area (Å²) in [5.74, 6) is 2.57. The molecule has 6 heteroatoms. The Morgan fingerprint density at radius 3 is 2.83 bits per heavy atom. The zero-order valence-corrected chi connectivity index (χ0v) is 13.6. The summed E-state index contributed by atoms with van der Waals surface area (Å²) >= 11 is 0. The van der Waals surface area contributed by atoms with Gasteiger partial charge in [-0.25, -0.2) is 0 Å². The monoisotopic (exact) mass is 327 g/mol. The second-order valence-electron chi connectivity index (χ2n) is 6.53. The SMILES string of the molecule is O=C(C1CC1)N1CCCC(c2nnc(COc3ccccc3)o2)C1. The minimum absolute atomic E-state index is 0.138. The van der Waals surface area contributed by atoms with Gasteiger partial charge in [0.05, 0.1) is 5.92 Å². The Balaban J connectivity index is 1.36. The van der Waals surface area contributed by atoms with Gasteiger partial charge in [-0.2, -0.15) is 0 Å². The molecule has 1 unspecified atom stereocenters. The summed E-state index contributed by atoms with van der Waals surface area (Å²) in [5.41, 5.74) is 0. The Morgan fingerprint density at radius 2 is 2.04 bits per heavy atom. The molecule has 1 saturated carbocycles. The molecule has 1 atom stereocenters. The Hall–Kier alpha value is -2.37. The number of carbonyl (C=O) groups excluding carboxylic acids is 1. The molecule has 0 radical (unpaired) electrons. The maximum Gasteiger partial charge on any atom is 0.253 e. The van der Waals surface area contributed by atoms with Gasteiger partial charge in [0.2, 0.25) is 11.8 Å². The van der Waals surface area contributed by atoms with E-state index in [9.17, 15) is 4.79 Å². The van der Waals surface area contributed by atoms with Crippen molar-refractivity contribution in [3.63, 3.8) is 0 Å². The number of benzene rings is 1. The largest absolute Gasteiger partial charge is 0.484 e. The molecule has 2 aromatic rings. The molecule has 1 aromatic carbocycles. The fourth-order valence-corrected chi connectivity index (χ4v) is 3.12. The lowest BCUT2D eigenvalue weighted by atomic mass is 9.97. The van der Waals surface area contributed by atoms with E-state index in [-0.39, 0.29) is 18.4 Å². The van der Waals surface area contributed by atoms with E-state index in [1.54, 1.807) is 0 Å². The molecule has 1 aliphatic carbocycles. The smallest absolute Gasteiger partial charge is 0.253 e. The summed E-state index contributed by atoms with van der Waals surface area (Å²) in [6.07, 6.45) is 4.06. The number of ether oxygens (including phenoxy) is 1. The first kappa shape index (κ1) is 15.2. The quantitative estimate of drug-likeness (QED) is 0.844. The maximum atomic E-state index is 12.2. The van der Waals surface area contributed by atoms with E-state index in [1.807, 2.05) is 35.2 Å². The number of aromatic nitrogens is 2. The maximum absolute atomic E-state index is 12.2. The van der Waals surface area contributed by atoms with Crippen LogP contribution in [0.4, 0.5) is 0 Å². The number of nitrogens with zero attached hydrogens (tertiary/aromatic N) is 3. The van der Waals surface area contributed by atoms with Crippen LogP contribution in [0.1, 0.15) is 43.4 Å². The summed E-state index contributed by atoms with van der Waals surface area (Å²) in [6.45, 7) is 1.80. The van der Waals surface area contributed by atoms with Crippen LogP contribution in [0.5, 0.6) is 5.75 Å². The highest BCUT2D eigenvalue weighted by Crippen LogP contribution is 2.34. The summed E-state index contributed by atoms with van der Waals surface area (Å²) in [7, 11) is 0. The number of amides is 1. The summed E-state index contributed by atoms with van der Waals surface area (Å²) in [4.78, 5) is 14.2. The van der Waals surface area contributed by atoms with E-state index >= 15 is 0 Å². The molecule has 0 N–H and O–H groups in total. The first-order chi connectivity index (χ1) is 11.8. The van der Waals surface area contributed by atoms with Gasteiger partial charge in [0.1, 0.15) is 5.75 Å². The molecular formula is C18H21N3O3. The predicted octanol–water partition coefficient (Wildman–Crippen LogP) is 2.76. The van der Waals surface area contributed by atoms with Crippen LogP contribution in [-0.2, 0) is 11.4 Å². The van der Waals surface area contributed by atoms with E-state index < -0.39 is 0 Å². The molecule has 0 spiro atoms. The molecule has 6 nitrogen and oxygen atoms in total. The summed E-state index contributed by atoms with van der Waals surface area (Å²) < 4.78 is 11.4. The van der Waals surface area contributed by atoms with E-state index in [4.69, 9.17) is 9.15 Å². The lowest BCUT2D eigenvalue weighted by molar-refractivity contribution is -0.133. The van der Waals surface area contributed by atoms with Crippen LogP contribution in [0.2, 0.25) is 0 Å². The van der Waals surface area contributed by atoms with Gasteiger partial charge in [0, 0.05) is 19.0 Å². The van der Waals surface area contributed by atoms with E-state index in [1.165, 1.54) is 0 Å². The number of hydrogen-bond donors (Lipinski definition) is 0. The standard InChI is InChI=1S/C18H21N3O3/c22-18(13-8-9-13)21-10-4-5-14(11-21)17-20-19-16(24-17)12-23-15-6-2-1-3-7-15/h1-3,6-7,13-14H,4-5,8-12H2. The molecule has 24 heavy (non-hydrogen) atoms. The van der Waals surface area contributed by atoms with Crippen LogP contribution in [0.3, 0.4) is 0 Å². The van der Waals surface area contributed by atoms with Gasteiger partial charge in [0.25, 0.3) is 5.89 Å². The second-order valence-corrected chi connectivity index (χ2v) is 6.53.